The summed E-state index contributed by atoms with van der Waals surface area (Å²) in [5.41, 5.74) is 0.832. The first-order valence-corrected chi connectivity index (χ1v) is 5.95. The van der Waals surface area contributed by atoms with Gasteiger partial charge in [0.2, 0.25) is 6.54 Å². The molecule has 0 radical (unpaired) electrons. The Morgan fingerprint density at radius 3 is 2.72 bits per heavy atom. The van der Waals surface area contributed by atoms with Crippen LogP contribution in [0.3, 0.4) is 0 Å². The number of nitro groups is 1. The lowest BCUT2D eigenvalue weighted by Gasteiger charge is -2.27. The van der Waals surface area contributed by atoms with E-state index in [1.54, 1.807) is 0 Å². The molecule has 1 aromatic rings. The monoisotopic (exact) mass is 249 g/mol. The standard InChI is InChI=1S/C13H15NO4/c15-13-6-7-18-9-12(13)11(8-14(16)17)10-4-2-1-3-5-10/h1-5,11-12H,6-9H2/t11?,12-/m1/s1. The molecule has 0 aliphatic carbocycles. The molecule has 1 aliphatic rings. The summed E-state index contributed by atoms with van der Waals surface area (Å²) in [7, 11) is 0. The van der Waals surface area contributed by atoms with Gasteiger partial charge in [-0.15, -0.1) is 0 Å². The van der Waals surface area contributed by atoms with Crippen LogP contribution in [0.1, 0.15) is 17.9 Å². The summed E-state index contributed by atoms with van der Waals surface area (Å²) in [5, 5.41) is 10.8. The topological polar surface area (TPSA) is 69.4 Å². The van der Waals surface area contributed by atoms with Crippen molar-refractivity contribution < 1.29 is 14.5 Å². The normalized spacial score (nSPS) is 21.6. The Bertz CT molecular complexity index is 432. The van der Waals surface area contributed by atoms with Crippen molar-refractivity contribution in [1.29, 1.82) is 0 Å². The first-order valence-electron chi connectivity index (χ1n) is 5.95. The first kappa shape index (κ1) is 12.7. The van der Waals surface area contributed by atoms with Crippen molar-refractivity contribution in [3.63, 3.8) is 0 Å². The number of nitrogens with zero attached hydrogens (tertiary/aromatic N) is 1. The Kier molecular flexibility index (Phi) is 4.04. The fraction of sp³-hybridized carbons (Fsp3) is 0.462. The van der Waals surface area contributed by atoms with Crippen molar-refractivity contribution in [2.45, 2.75) is 12.3 Å². The minimum absolute atomic E-state index is 0.0666. The molecule has 0 saturated carbocycles. The summed E-state index contributed by atoms with van der Waals surface area (Å²) in [6.45, 7) is 0.478. The van der Waals surface area contributed by atoms with Crippen molar-refractivity contribution in [1.82, 2.24) is 0 Å². The van der Waals surface area contributed by atoms with Crippen LogP contribution in [0.15, 0.2) is 30.3 Å². The van der Waals surface area contributed by atoms with E-state index in [-0.39, 0.29) is 23.9 Å². The van der Waals surface area contributed by atoms with Crippen molar-refractivity contribution in [2.75, 3.05) is 19.8 Å². The zero-order valence-corrected chi connectivity index (χ0v) is 9.95. The quantitative estimate of drug-likeness (QED) is 0.601. The van der Waals surface area contributed by atoms with Crippen LogP contribution in [-0.4, -0.2) is 30.5 Å². The number of benzene rings is 1. The predicted octanol–water partition coefficient (Wildman–Crippen LogP) is 1.65. The molecule has 0 aromatic heterocycles. The van der Waals surface area contributed by atoms with Crippen LogP contribution in [0.5, 0.6) is 0 Å². The molecule has 96 valence electrons. The minimum atomic E-state index is -0.397. The Labute approximate surface area is 105 Å². The van der Waals surface area contributed by atoms with Gasteiger partial charge < -0.3 is 4.74 Å². The highest BCUT2D eigenvalue weighted by molar-refractivity contribution is 5.82. The van der Waals surface area contributed by atoms with Crippen LogP contribution in [0.2, 0.25) is 0 Å². The molecule has 5 nitrogen and oxygen atoms in total. The van der Waals surface area contributed by atoms with E-state index in [9.17, 15) is 14.9 Å². The van der Waals surface area contributed by atoms with E-state index in [2.05, 4.69) is 0 Å². The molecule has 1 heterocycles. The van der Waals surface area contributed by atoms with E-state index in [4.69, 9.17) is 4.74 Å². The van der Waals surface area contributed by atoms with E-state index in [1.807, 2.05) is 30.3 Å². The average molecular weight is 249 g/mol. The van der Waals surface area contributed by atoms with Gasteiger partial charge in [-0.3, -0.25) is 14.9 Å². The molecule has 1 aliphatic heterocycles. The first-order chi connectivity index (χ1) is 8.68. The predicted molar refractivity (Wildman–Crippen MR) is 65.0 cm³/mol. The smallest absolute Gasteiger partial charge is 0.211 e. The molecule has 0 bridgehead atoms. The zero-order chi connectivity index (χ0) is 13.0. The van der Waals surface area contributed by atoms with E-state index < -0.39 is 11.8 Å². The SMILES string of the molecule is O=C1CCOC[C@@H]1C(C[N+](=O)[O-])c1ccccc1. The molecular weight excluding hydrogens is 234 g/mol. The van der Waals surface area contributed by atoms with E-state index >= 15 is 0 Å². The number of carbonyl (C=O) groups is 1. The van der Waals surface area contributed by atoms with Crippen LogP contribution in [0.4, 0.5) is 0 Å². The number of Topliss-reactive ketones (excluding diaryl/α,β-unsaturated/α-hetero) is 1. The van der Waals surface area contributed by atoms with Gasteiger partial charge in [0.05, 0.1) is 25.0 Å². The minimum Gasteiger partial charge on any atom is -0.380 e. The van der Waals surface area contributed by atoms with Crippen LogP contribution < -0.4 is 0 Å². The average Bonchev–Trinajstić information content (AvgIpc) is 2.38. The van der Waals surface area contributed by atoms with Gasteiger partial charge >= 0.3 is 0 Å². The zero-order valence-electron chi connectivity index (χ0n) is 9.95. The van der Waals surface area contributed by atoms with Crippen molar-refractivity contribution >= 4 is 5.78 Å². The fourth-order valence-corrected chi connectivity index (χ4v) is 2.33. The Balaban J connectivity index is 2.24. The van der Waals surface area contributed by atoms with Crippen LogP contribution in [-0.2, 0) is 9.53 Å². The van der Waals surface area contributed by atoms with Crippen molar-refractivity contribution in [3.8, 4) is 0 Å². The van der Waals surface area contributed by atoms with Gasteiger partial charge in [-0.2, -0.15) is 0 Å². The van der Waals surface area contributed by atoms with E-state index in [1.165, 1.54) is 0 Å². The maximum Gasteiger partial charge on any atom is 0.211 e. The lowest BCUT2D eigenvalue weighted by Crippen LogP contribution is -2.35. The molecule has 5 heteroatoms. The molecule has 2 atom stereocenters. The second kappa shape index (κ2) is 5.73. The lowest BCUT2D eigenvalue weighted by atomic mass is 9.82. The highest BCUT2D eigenvalue weighted by atomic mass is 16.6. The summed E-state index contributed by atoms with van der Waals surface area (Å²) >= 11 is 0. The second-order valence-electron chi connectivity index (χ2n) is 4.43. The molecule has 1 aromatic carbocycles. The number of hydrogen-bond donors (Lipinski definition) is 0. The molecule has 1 fully saturated rings. The number of ether oxygens (including phenoxy) is 1. The Morgan fingerprint density at radius 2 is 2.11 bits per heavy atom. The van der Waals surface area contributed by atoms with E-state index in [0.717, 1.165) is 5.56 Å². The van der Waals surface area contributed by atoms with Crippen molar-refractivity contribution in [2.24, 2.45) is 5.92 Å². The molecular formula is C13H15NO4. The highest BCUT2D eigenvalue weighted by Crippen LogP contribution is 2.29. The number of ketones is 1. The summed E-state index contributed by atoms with van der Waals surface area (Å²) in [5.74, 6) is -0.725. The molecule has 1 saturated heterocycles. The fourth-order valence-electron chi connectivity index (χ4n) is 2.33. The number of rotatable bonds is 4. The molecule has 2 rings (SSSR count). The van der Waals surface area contributed by atoms with Gasteiger partial charge in [0.15, 0.2) is 0 Å². The third kappa shape index (κ3) is 2.92. The third-order valence-electron chi connectivity index (χ3n) is 3.26. The van der Waals surface area contributed by atoms with Gasteiger partial charge in [-0.1, -0.05) is 30.3 Å². The molecule has 0 N–H and O–H groups in total. The van der Waals surface area contributed by atoms with Crippen LogP contribution >= 0.6 is 0 Å². The van der Waals surface area contributed by atoms with Crippen LogP contribution in [0.25, 0.3) is 0 Å². The number of carbonyl (C=O) groups excluding carboxylic acids is 1. The third-order valence-corrected chi connectivity index (χ3v) is 3.26. The summed E-state index contributed by atoms with van der Waals surface area (Å²) < 4.78 is 5.29. The molecule has 18 heavy (non-hydrogen) atoms. The van der Waals surface area contributed by atoms with Gasteiger partial charge in [0, 0.05) is 11.3 Å². The van der Waals surface area contributed by atoms with Gasteiger partial charge in [0.1, 0.15) is 5.78 Å². The Hall–Kier alpha value is -1.75. The molecule has 0 spiro atoms. The van der Waals surface area contributed by atoms with Gasteiger partial charge in [-0.25, -0.2) is 0 Å². The van der Waals surface area contributed by atoms with Gasteiger partial charge in [0.25, 0.3) is 0 Å². The summed E-state index contributed by atoms with van der Waals surface area (Å²) in [6, 6.07) is 9.17. The molecule has 1 unspecified atom stereocenters. The number of hydrogen-bond acceptors (Lipinski definition) is 4. The summed E-state index contributed by atoms with van der Waals surface area (Å²) in [4.78, 5) is 22.3. The van der Waals surface area contributed by atoms with Crippen molar-refractivity contribution in [3.05, 3.63) is 46.0 Å². The maximum absolute atomic E-state index is 11.9. The van der Waals surface area contributed by atoms with Crippen LogP contribution in [0, 0.1) is 16.0 Å². The molecule has 0 amide bonds. The second-order valence-corrected chi connectivity index (χ2v) is 4.43. The largest absolute Gasteiger partial charge is 0.380 e. The lowest BCUT2D eigenvalue weighted by molar-refractivity contribution is -0.484. The summed E-state index contributed by atoms with van der Waals surface area (Å²) in [6.07, 6.45) is 0.353. The van der Waals surface area contributed by atoms with E-state index in [0.29, 0.717) is 13.0 Å². The van der Waals surface area contributed by atoms with Gasteiger partial charge in [-0.05, 0) is 5.56 Å². The Morgan fingerprint density at radius 1 is 1.39 bits per heavy atom. The highest BCUT2D eigenvalue weighted by Gasteiger charge is 2.35. The maximum atomic E-state index is 11.9.